The lowest BCUT2D eigenvalue weighted by atomic mass is 9.93. The van der Waals surface area contributed by atoms with Crippen LogP contribution in [0.5, 0.6) is 5.75 Å². The fourth-order valence-corrected chi connectivity index (χ4v) is 2.87. The second kappa shape index (κ2) is 7.35. The summed E-state index contributed by atoms with van der Waals surface area (Å²) in [5.74, 6) is -0.359. The van der Waals surface area contributed by atoms with Gasteiger partial charge >= 0.3 is 5.97 Å². The first-order valence-electron chi connectivity index (χ1n) is 8.20. The molecule has 0 N–H and O–H groups in total. The molecule has 0 saturated carbocycles. The van der Waals surface area contributed by atoms with Gasteiger partial charge in [0.1, 0.15) is 11.4 Å². The molecule has 5 nitrogen and oxygen atoms in total. The monoisotopic (exact) mass is 349 g/mol. The maximum atomic E-state index is 13.0. The number of hydrogen-bond acceptors (Lipinski definition) is 5. The molecule has 0 aliphatic heterocycles. The summed E-state index contributed by atoms with van der Waals surface area (Å²) in [6, 6.07) is 14.4. The number of methoxy groups -OCH3 is 2. The fraction of sp³-hybridized carbons (Fsp3) is 0.190. The van der Waals surface area contributed by atoms with Crippen LogP contribution in [0.25, 0.3) is 10.8 Å². The highest BCUT2D eigenvalue weighted by Crippen LogP contribution is 2.30. The van der Waals surface area contributed by atoms with Crippen molar-refractivity contribution in [3.05, 3.63) is 71.5 Å². The number of fused-ring (bicyclic) bond motifs is 1. The molecule has 0 saturated heterocycles. The van der Waals surface area contributed by atoms with Crippen LogP contribution in [0.2, 0.25) is 0 Å². The zero-order valence-electron chi connectivity index (χ0n) is 14.9. The van der Waals surface area contributed by atoms with E-state index >= 15 is 0 Å². The number of rotatable bonds is 5. The van der Waals surface area contributed by atoms with Gasteiger partial charge in [-0.2, -0.15) is 0 Å². The third kappa shape index (κ3) is 3.28. The van der Waals surface area contributed by atoms with Crippen LogP contribution in [-0.2, 0) is 9.53 Å². The Bertz CT molecular complexity index is 966. The maximum Gasteiger partial charge on any atom is 0.312 e. The van der Waals surface area contributed by atoms with Crippen LogP contribution < -0.4 is 4.74 Å². The molecule has 132 valence electrons. The molecule has 26 heavy (non-hydrogen) atoms. The second-order valence-corrected chi connectivity index (χ2v) is 5.94. The van der Waals surface area contributed by atoms with E-state index in [4.69, 9.17) is 9.47 Å². The van der Waals surface area contributed by atoms with Crippen molar-refractivity contribution in [2.24, 2.45) is 0 Å². The van der Waals surface area contributed by atoms with Gasteiger partial charge < -0.3 is 9.47 Å². The van der Waals surface area contributed by atoms with E-state index in [0.717, 1.165) is 16.3 Å². The summed E-state index contributed by atoms with van der Waals surface area (Å²) < 4.78 is 10.2. The van der Waals surface area contributed by atoms with E-state index in [0.29, 0.717) is 17.0 Å². The van der Waals surface area contributed by atoms with E-state index in [1.807, 2.05) is 24.3 Å². The molecule has 5 heteroatoms. The van der Waals surface area contributed by atoms with Crippen molar-refractivity contribution in [1.29, 1.82) is 0 Å². The van der Waals surface area contributed by atoms with Gasteiger partial charge in [-0.25, -0.2) is 0 Å². The minimum Gasteiger partial charge on any atom is -0.497 e. The largest absolute Gasteiger partial charge is 0.497 e. The van der Waals surface area contributed by atoms with Gasteiger partial charge in [0.15, 0.2) is 0 Å². The molecule has 0 spiro atoms. The van der Waals surface area contributed by atoms with Crippen LogP contribution in [0, 0.1) is 0 Å². The van der Waals surface area contributed by atoms with Gasteiger partial charge in [-0.05, 0) is 53.6 Å². The smallest absolute Gasteiger partial charge is 0.312 e. The van der Waals surface area contributed by atoms with Gasteiger partial charge in [0.05, 0.1) is 20.1 Å². The molecule has 3 aromatic rings. The number of ether oxygens (including phenoxy) is 2. The lowest BCUT2D eigenvalue weighted by Gasteiger charge is -2.13. The lowest BCUT2D eigenvalue weighted by Crippen LogP contribution is -2.11. The zero-order chi connectivity index (χ0) is 18.7. The highest BCUT2D eigenvalue weighted by atomic mass is 16.5. The molecular formula is C21H19NO4. The molecule has 0 fully saturated rings. The van der Waals surface area contributed by atoms with E-state index in [1.165, 1.54) is 7.11 Å². The average Bonchev–Trinajstić information content (AvgIpc) is 2.71. The van der Waals surface area contributed by atoms with Crippen LogP contribution in [0.1, 0.15) is 34.5 Å². The van der Waals surface area contributed by atoms with Gasteiger partial charge in [-0.15, -0.1) is 0 Å². The van der Waals surface area contributed by atoms with Gasteiger partial charge in [-0.3, -0.25) is 14.6 Å². The summed E-state index contributed by atoms with van der Waals surface area (Å²) in [4.78, 5) is 29.0. The first-order valence-corrected chi connectivity index (χ1v) is 8.20. The number of hydrogen-bond donors (Lipinski definition) is 0. The van der Waals surface area contributed by atoms with Gasteiger partial charge in [0, 0.05) is 11.8 Å². The van der Waals surface area contributed by atoms with Crippen molar-refractivity contribution in [1.82, 2.24) is 4.98 Å². The van der Waals surface area contributed by atoms with E-state index < -0.39 is 5.92 Å². The molecule has 0 radical (unpaired) electrons. The lowest BCUT2D eigenvalue weighted by molar-refractivity contribution is -0.141. The maximum absolute atomic E-state index is 13.0. The molecule has 1 heterocycles. The average molecular weight is 349 g/mol. The van der Waals surface area contributed by atoms with Crippen LogP contribution >= 0.6 is 0 Å². The van der Waals surface area contributed by atoms with Gasteiger partial charge in [0.2, 0.25) is 5.78 Å². The normalized spacial score (nSPS) is 11.8. The second-order valence-electron chi connectivity index (χ2n) is 5.94. The number of nitrogens with zero attached hydrogens (tertiary/aromatic N) is 1. The fourth-order valence-electron chi connectivity index (χ4n) is 2.87. The standard InChI is InChI=1S/C21H19NO4/c1-13(21(24)26-3)14-7-8-15-10-16(25-2)12-18(17(15)11-14)20(23)19-6-4-5-9-22-19/h4-13H,1-3H3/t13-/m0/s1. The number of carbonyl (C=O) groups excluding carboxylic acids is 2. The number of carbonyl (C=O) groups is 2. The Hall–Kier alpha value is -3.21. The predicted octanol–water partition coefficient (Wildman–Crippen LogP) is 3.75. The Morgan fingerprint density at radius 1 is 1.04 bits per heavy atom. The molecule has 2 aromatic carbocycles. The summed E-state index contributed by atoms with van der Waals surface area (Å²) in [6.07, 6.45) is 1.58. The van der Waals surface area contributed by atoms with E-state index in [1.54, 1.807) is 44.5 Å². The molecule has 0 bridgehead atoms. The summed E-state index contributed by atoms with van der Waals surface area (Å²) in [7, 11) is 2.92. The third-order valence-corrected chi connectivity index (χ3v) is 4.38. The Labute approximate surface area is 151 Å². The van der Waals surface area contributed by atoms with E-state index in [2.05, 4.69) is 4.98 Å². The number of ketones is 1. The van der Waals surface area contributed by atoms with Crippen LogP contribution in [0.15, 0.2) is 54.7 Å². The molecule has 0 amide bonds. The molecular weight excluding hydrogens is 330 g/mol. The summed E-state index contributed by atoms with van der Waals surface area (Å²) in [5.41, 5.74) is 1.62. The topological polar surface area (TPSA) is 65.5 Å². The highest BCUT2D eigenvalue weighted by Gasteiger charge is 2.19. The van der Waals surface area contributed by atoms with Gasteiger partial charge in [0.25, 0.3) is 0 Å². The minimum absolute atomic E-state index is 0.197. The number of aromatic nitrogens is 1. The van der Waals surface area contributed by atoms with Crippen molar-refractivity contribution in [2.75, 3.05) is 14.2 Å². The van der Waals surface area contributed by atoms with Crippen molar-refractivity contribution >= 4 is 22.5 Å². The molecule has 1 aromatic heterocycles. The predicted molar refractivity (Wildman–Crippen MR) is 98.6 cm³/mol. The van der Waals surface area contributed by atoms with Crippen LogP contribution in [0.4, 0.5) is 0 Å². The highest BCUT2D eigenvalue weighted by molar-refractivity contribution is 6.16. The SMILES string of the molecule is COC(=O)[C@@H](C)c1ccc2cc(OC)cc(C(=O)c3ccccn3)c2c1. The Balaban J connectivity index is 2.19. The van der Waals surface area contributed by atoms with Crippen molar-refractivity contribution in [2.45, 2.75) is 12.8 Å². The first-order chi connectivity index (χ1) is 12.5. The van der Waals surface area contributed by atoms with Gasteiger partial charge in [-0.1, -0.05) is 18.2 Å². The van der Waals surface area contributed by atoms with Crippen LogP contribution in [-0.4, -0.2) is 31.0 Å². The molecule has 0 aliphatic carbocycles. The first kappa shape index (κ1) is 17.6. The molecule has 0 aliphatic rings. The summed E-state index contributed by atoms with van der Waals surface area (Å²) >= 11 is 0. The zero-order valence-corrected chi connectivity index (χ0v) is 14.9. The van der Waals surface area contributed by atoms with Crippen LogP contribution in [0.3, 0.4) is 0 Å². The van der Waals surface area contributed by atoms with Crippen molar-refractivity contribution in [3.8, 4) is 5.75 Å². The Kier molecular flexibility index (Phi) is 4.98. The quantitative estimate of drug-likeness (QED) is 0.518. The van der Waals surface area contributed by atoms with E-state index in [-0.39, 0.29) is 11.8 Å². The Morgan fingerprint density at radius 2 is 1.85 bits per heavy atom. The Morgan fingerprint density at radius 3 is 2.50 bits per heavy atom. The van der Waals surface area contributed by atoms with E-state index in [9.17, 15) is 9.59 Å². The number of pyridine rings is 1. The summed E-state index contributed by atoms with van der Waals surface area (Å²) in [5, 5.41) is 1.60. The van der Waals surface area contributed by atoms with Crippen molar-refractivity contribution < 1.29 is 19.1 Å². The molecule has 1 atom stereocenters. The summed E-state index contributed by atoms with van der Waals surface area (Å²) in [6.45, 7) is 1.77. The third-order valence-electron chi connectivity index (χ3n) is 4.38. The van der Waals surface area contributed by atoms with Crippen molar-refractivity contribution in [3.63, 3.8) is 0 Å². The number of esters is 1. The number of benzene rings is 2. The molecule has 0 unspecified atom stereocenters. The molecule has 3 rings (SSSR count). The minimum atomic E-state index is -0.427.